The molecule has 27 heavy (non-hydrogen) atoms. The van der Waals surface area contributed by atoms with Crippen LogP contribution in [0, 0.1) is 6.92 Å². The maximum absolute atomic E-state index is 13.1. The van der Waals surface area contributed by atoms with E-state index in [0.717, 1.165) is 28.8 Å². The Labute approximate surface area is 154 Å². The molecule has 0 amide bonds. The van der Waals surface area contributed by atoms with Crippen LogP contribution in [0.4, 0.5) is 13.2 Å². The zero-order valence-electron chi connectivity index (χ0n) is 14.7. The van der Waals surface area contributed by atoms with E-state index in [1.165, 1.54) is 6.07 Å². The smallest absolute Gasteiger partial charge is 0.319 e. The van der Waals surface area contributed by atoms with Gasteiger partial charge in [-0.15, -0.1) is 0 Å². The minimum atomic E-state index is -4.39. The Hall–Kier alpha value is -3.08. The Morgan fingerprint density at radius 3 is 2.26 bits per heavy atom. The summed E-state index contributed by atoms with van der Waals surface area (Å²) in [5, 5.41) is 0. The van der Waals surface area contributed by atoms with Gasteiger partial charge in [-0.25, -0.2) is 4.98 Å². The monoisotopic (exact) mass is 366 g/mol. The highest BCUT2D eigenvalue weighted by atomic mass is 19.4. The number of hydrogen-bond donors (Lipinski definition) is 0. The summed E-state index contributed by atoms with van der Waals surface area (Å²) in [5.74, 6) is 0.660. The standard InChI is InChI=1S/C22H17F3N2/c1-15-7-9-17(10-8-15)21-26-19-13-18(22(23,24)25)11-12-20(19)27(21)14-16-5-3-2-4-6-16/h2-13H,14H2,1H3. The Bertz CT molecular complexity index is 1080. The highest BCUT2D eigenvalue weighted by molar-refractivity contribution is 5.81. The van der Waals surface area contributed by atoms with Gasteiger partial charge in [0, 0.05) is 12.1 Å². The summed E-state index contributed by atoms with van der Waals surface area (Å²) in [6.07, 6.45) is -4.39. The van der Waals surface area contributed by atoms with Crippen molar-refractivity contribution in [1.29, 1.82) is 0 Å². The van der Waals surface area contributed by atoms with E-state index in [-0.39, 0.29) is 0 Å². The van der Waals surface area contributed by atoms with Crippen molar-refractivity contribution in [3.05, 3.63) is 89.5 Å². The molecule has 0 N–H and O–H groups in total. The maximum atomic E-state index is 13.1. The maximum Gasteiger partial charge on any atom is 0.416 e. The molecule has 5 heteroatoms. The second kappa shape index (κ2) is 6.58. The van der Waals surface area contributed by atoms with Crippen LogP contribution < -0.4 is 0 Å². The second-order valence-corrected chi connectivity index (χ2v) is 6.57. The minimum absolute atomic E-state index is 0.344. The highest BCUT2D eigenvalue weighted by Gasteiger charge is 2.31. The first-order valence-electron chi connectivity index (χ1n) is 8.60. The Morgan fingerprint density at radius 1 is 0.889 bits per heavy atom. The van der Waals surface area contributed by atoms with Gasteiger partial charge in [-0.05, 0) is 30.7 Å². The lowest BCUT2D eigenvalue weighted by Gasteiger charge is -2.10. The van der Waals surface area contributed by atoms with E-state index in [9.17, 15) is 13.2 Å². The van der Waals surface area contributed by atoms with Crippen molar-refractivity contribution in [3.63, 3.8) is 0 Å². The van der Waals surface area contributed by atoms with E-state index in [0.29, 0.717) is 23.4 Å². The number of hydrogen-bond acceptors (Lipinski definition) is 1. The Balaban J connectivity index is 1.90. The lowest BCUT2D eigenvalue weighted by molar-refractivity contribution is -0.137. The van der Waals surface area contributed by atoms with Crippen LogP contribution in [0.5, 0.6) is 0 Å². The summed E-state index contributed by atoms with van der Waals surface area (Å²) in [6, 6.07) is 21.4. The van der Waals surface area contributed by atoms with Gasteiger partial charge >= 0.3 is 6.18 Å². The van der Waals surface area contributed by atoms with Gasteiger partial charge in [0.15, 0.2) is 0 Å². The number of nitrogens with zero attached hydrogens (tertiary/aromatic N) is 2. The molecule has 0 aliphatic rings. The van der Waals surface area contributed by atoms with Crippen molar-refractivity contribution in [3.8, 4) is 11.4 Å². The fourth-order valence-electron chi connectivity index (χ4n) is 3.16. The molecule has 2 nitrogen and oxygen atoms in total. The molecule has 0 radical (unpaired) electrons. The van der Waals surface area contributed by atoms with Crippen LogP contribution in [0.2, 0.25) is 0 Å². The normalized spacial score (nSPS) is 11.9. The summed E-state index contributed by atoms with van der Waals surface area (Å²) < 4.78 is 41.3. The molecule has 4 rings (SSSR count). The third-order valence-electron chi connectivity index (χ3n) is 4.57. The van der Waals surface area contributed by atoms with Crippen LogP contribution in [0.15, 0.2) is 72.8 Å². The number of halogens is 3. The van der Waals surface area contributed by atoms with Crippen LogP contribution in [-0.2, 0) is 12.7 Å². The van der Waals surface area contributed by atoms with Gasteiger partial charge in [0.25, 0.3) is 0 Å². The third kappa shape index (κ3) is 3.45. The number of benzene rings is 3. The molecule has 136 valence electrons. The van der Waals surface area contributed by atoms with Gasteiger partial charge in [-0.1, -0.05) is 60.2 Å². The lowest BCUT2D eigenvalue weighted by Crippen LogP contribution is -2.05. The molecular weight excluding hydrogens is 349 g/mol. The van der Waals surface area contributed by atoms with Crippen LogP contribution in [0.1, 0.15) is 16.7 Å². The van der Waals surface area contributed by atoms with E-state index in [4.69, 9.17) is 0 Å². The average molecular weight is 366 g/mol. The molecule has 0 aliphatic carbocycles. The molecule has 0 atom stereocenters. The van der Waals surface area contributed by atoms with Gasteiger partial charge in [0.1, 0.15) is 5.82 Å². The largest absolute Gasteiger partial charge is 0.416 e. The van der Waals surface area contributed by atoms with Crippen molar-refractivity contribution in [2.75, 3.05) is 0 Å². The molecule has 3 aromatic carbocycles. The molecule has 1 aromatic heterocycles. The summed E-state index contributed by atoms with van der Waals surface area (Å²) in [5.41, 5.74) is 3.39. The van der Waals surface area contributed by atoms with Crippen molar-refractivity contribution in [2.24, 2.45) is 0 Å². The number of aromatic nitrogens is 2. The average Bonchev–Trinajstić information content (AvgIpc) is 3.00. The first kappa shape index (κ1) is 17.3. The van der Waals surface area contributed by atoms with Crippen molar-refractivity contribution in [2.45, 2.75) is 19.6 Å². The van der Waals surface area contributed by atoms with E-state index in [2.05, 4.69) is 4.98 Å². The Morgan fingerprint density at radius 2 is 1.59 bits per heavy atom. The molecule has 0 saturated heterocycles. The third-order valence-corrected chi connectivity index (χ3v) is 4.57. The molecule has 1 heterocycles. The van der Waals surface area contributed by atoms with Gasteiger partial charge < -0.3 is 4.57 Å². The molecule has 0 bridgehead atoms. The van der Waals surface area contributed by atoms with Crippen molar-refractivity contribution in [1.82, 2.24) is 9.55 Å². The van der Waals surface area contributed by atoms with Crippen LogP contribution >= 0.6 is 0 Å². The molecule has 0 spiro atoms. The van der Waals surface area contributed by atoms with E-state index >= 15 is 0 Å². The van der Waals surface area contributed by atoms with E-state index < -0.39 is 11.7 Å². The molecule has 0 unspecified atom stereocenters. The van der Waals surface area contributed by atoms with Crippen molar-refractivity contribution < 1.29 is 13.2 Å². The number of rotatable bonds is 3. The minimum Gasteiger partial charge on any atom is -0.319 e. The summed E-state index contributed by atoms with van der Waals surface area (Å²) in [4.78, 5) is 4.55. The quantitative estimate of drug-likeness (QED) is 0.430. The van der Waals surface area contributed by atoms with Crippen LogP contribution in [0.3, 0.4) is 0 Å². The number of alkyl halides is 3. The predicted octanol–water partition coefficient (Wildman–Crippen LogP) is 6.08. The van der Waals surface area contributed by atoms with Gasteiger partial charge in [-0.2, -0.15) is 13.2 Å². The number of fused-ring (bicyclic) bond motifs is 1. The zero-order chi connectivity index (χ0) is 19.0. The zero-order valence-corrected chi connectivity index (χ0v) is 14.7. The van der Waals surface area contributed by atoms with E-state index in [1.54, 1.807) is 0 Å². The highest BCUT2D eigenvalue weighted by Crippen LogP contribution is 2.33. The second-order valence-electron chi connectivity index (χ2n) is 6.57. The molecule has 0 fully saturated rings. The van der Waals surface area contributed by atoms with Gasteiger partial charge in [0.05, 0.1) is 16.6 Å². The summed E-state index contributed by atoms with van der Waals surface area (Å²) in [6.45, 7) is 2.53. The predicted molar refractivity (Wildman–Crippen MR) is 100 cm³/mol. The number of aryl methyl sites for hydroxylation is 1. The fraction of sp³-hybridized carbons (Fsp3) is 0.136. The van der Waals surface area contributed by atoms with Crippen molar-refractivity contribution >= 4 is 11.0 Å². The summed E-state index contributed by atoms with van der Waals surface area (Å²) in [7, 11) is 0. The van der Waals surface area contributed by atoms with E-state index in [1.807, 2.05) is 66.1 Å². The SMILES string of the molecule is Cc1ccc(-c2nc3cc(C(F)(F)F)ccc3n2Cc2ccccc2)cc1. The number of imidazole rings is 1. The van der Waals surface area contributed by atoms with Gasteiger partial charge in [-0.3, -0.25) is 0 Å². The fourth-order valence-corrected chi connectivity index (χ4v) is 3.16. The first-order valence-corrected chi connectivity index (χ1v) is 8.60. The summed E-state index contributed by atoms with van der Waals surface area (Å²) >= 11 is 0. The molecule has 0 aliphatic heterocycles. The van der Waals surface area contributed by atoms with Crippen LogP contribution in [0.25, 0.3) is 22.4 Å². The van der Waals surface area contributed by atoms with Crippen LogP contribution in [-0.4, -0.2) is 9.55 Å². The topological polar surface area (TPSA) is 17.8 Å². The molecular formula is C22H17F3N2. The molecule has 4 aromatic rings. The molecule has 0 saturated carbocycles. The lowest BCUT2D eigenvalue weighted by atomic mass is 10.1. The van der Waals surface area contributed by atoms with Gasteiger partial charge in [0.2, 0.25) is 0 Å². The Kier molecular flexibility index (Phi) is 4.22. The first-order chi connectivity index (χ1) is 12.9.